The highest BCUT2D eigenvalue weighted by Gasteiger charge is 2.31. The standard InChI is InChI=1S/C22H22N2O2/c25-21-13-18(26-15-16-7-3-1-4-8-16)11-12-19(21)22-20(14-23-24-22)17-9-5-2-6-10-17/h1-13,20,22-25H,14-15H2. The van der Waals surface area contributed by atoms with E-state index in [0.29, 0.717) is 12.4 Å². The van der Waals surface area contributed by atoms with Crippen LogP contribution in [-0.4, -0.2) is 11.7 Å². The molecule has 132 valence electrons. The average molecular weight is 346 g/mol. The van der Waals surface area contributed by atoms with Gasteiger partial charge in [0.1, 0.15) is 18.1 Å². The van der Waals surface area contributed by atoms with Gasteiger partial charge in [-0.1, -0.05) is 66.7 Å². The highest BCUT2D eigenvalue weighted by molar-refractivity contribution is 5.44. The van der Waals surface area contributed by atoms with Crippen LogP contribution in [0.25, 0.3) is 0 Å². The Morgan fingerprint density at radius 2 is 1.65 bits per heavy atom. The van der Waals surface area contributed by atoms with Crippen molar-refractivity contribution < 1.29 is 9.84 Å². The van der Waals surface area contributed by atoms with Crippen LogP contribution in [0.4, 0.5) is 0 Å². The van der Waals surface area contributed by atoms with Crippen molar-refractivity contribution in [2.24, 2.45) is 0 Å². The largest absolute Gasteiger partial charge is 0.507 e. The number of hydrogen-bond donors (Lipinski definition) is 3. The maximum Gasteiger partial charge on any atom is 0.124 e. The molecule has 0 bridgehead atoms. The first-order chi connectivity index (χ1) is 12.8. The van der Waals surface area contributed by atoms with E-state index in [1.807, 2.05) is 60.7 Å². The number of rotatable bonds is 5. The molecule has 26 heavy (non-hydrogen) atoms. The van der Waals surface area contributed by atoms with Gasteiger partial charge in [-0.2, -0.15) is 0 Å². The monoisotopic (exact) mass is 346 g/mol. The Labute approximate surface area is 153 Å². The number of aromatic hydroxyl groups is 1. The molecule has 4 nitrogen and oxygen atoms in total. The number of hydrogen-bond acceptors (Lipinski definition) is 4. The van der Waals surface area contributed by atoms with Crippen molar-refractivity contribution in [2.75, 3.05) is 6.54 Å². The number of benzene rings is 3. The van der Waals surface area contributed by atoms with Gasteiger partial charge in [0.25, 0.3) is 0 Å². The van der Waals surface area contributed by atoms with E-state index in [4.69, 9.17) is 4.74 Å². The van der Waals surface area contributed by atoms with Gasteiger partial charge < -0.3 is 9.84 Å². The fourth-order valence-corrected chi connectivity index (χ4v) is 3.42. The molecule has 0 amide bonds. The lowest BCUT2D eigenvalue weighted by atomic mass is 9.88. The van der Waals surface area contributed by atoms with Crippen LogP contribution >= 0.6 is 0 Å². The molecule has 0 spiro atoms. The van der Waals surface area contributed by atoms with Crippen LogP contribution < -0.4 is 15.6 Å². The molecular weight excluding hydrogens is 324 g/mol. The van der Waals surface area contributed by atoms with Gasteiger partial charge in [0, 0.05) is 24.1 Å². The molecule has 1 heterocycles. The number of hydrazine groups is 1. The van der Waals surface area contributed by atoms with Crippen molar-refractivity contribution >= 4 is 0 Å². The number of ether oxygens (including phenoxy) is 1. The molecule has 0 aliphatic carbocycles. The minimum absolute atomic E-state index is 0.0144. The Kier molecular flexibility index (Phi) is 4.86. The Morgan fingerprint density at radius 3 is 2.38 bits per heavy atom. The van der Waals surface area contributed by atoms with E-state index in [2.05, 4.69) is 23.0 Å². The molecule has 0 aromatic heterocycles. The number of phenolic OH excluding ortho intramolecular Hbond substituents is 1. The first kappa shape index (κ1) is 16.6. The lowest BCUT2D eigenvalue weighted by molar-refractivity contribution is 0.304. The van der Waals surface area contributed by atoms with Crippen molar-refractivity contribution in [1.29, 1.82) is 0 Å². The fraction of sp³-hybridized carbons (Fsp3) is 0.182. The minimum Gasteiger partial charge on any atom is -0.507 e. The molecule has 1 fully saturated rings. The third kappa shape index (κ3) is 3.57. The van der Waals surface area contributed by atoms with E-state index in [1.54, 1.807) is 6.07 Å². The summed E-state index contributed by atoms with van der Waals surface area (Å²) in [5, 5.41) is 10.6. The Balaban J connectivity index is 1.50. The molecule has 3 aromatic rings. The zero-order chi connectivity index (χ0) is 17.8. The predicted octanol–water partition coefficient (Wildman–Crippen LogP) is 3.90. The normalized spacial score (nSPS) is 19.4. The number of nitrogens with one attached hydrogen (secondary N) is 2. The van der Waals surface area contributed by atoms with Crippen LogP contribution in [-0.2, 0) is 6.61 Å². The lowest BCUT2D eigenvalue weighted by Gasteiger charge is -2.20. The Bertz CT molecular complexity index is 853. The van der Waals surface area contributed by atoms with E-state index in [-0.39, 0.29) is 17.7 Å². The van der Waals surface area contributed by atoms with E-state index in [0.717, 1.165) is 17.7 Å². The number of phenols is 1. The van der Waals surface area contributed by atoms with Crippen LogP contribution in [0.15, 0.2) is 78.9 Å². The molecule has 2 atom stereocenters. The second kappa shape index (κ2) is 7.60. The summed E-state index contributed by atoms with van der Waals surface area (Å²) >= 11 is 0. The van der Waals surface area contributed by atoms with Crippen molar-refractivity contribution in [3.63, 3.8) is 0 Å². The maximum atomic E-state index is 10.6. The molecule has 0 saturated carbocycles. The third-order valence-corrected chi connectivity index (χ3v) is 4.79. The molecule has 4 rings (SSSR count). The van der Waals surface area contributed by atoms with Gasteiger partial charge in [0.2, 0.25) is 0 Å². The summed E-state index contributed by atoms with van der Waals surface area (Å²) < 4.78 is 5.81. The quantitative estimate of drug-likeness (QED) is 0.656. The highest BCUT2D eigenvalue weighted by Crippen LogP contribution is 2.38. The van der Waals surface area contributed by atoms with Crippen LogP contribution in [0, 0.1) is 0 Å². The summed E-state index contributed by atoms with van der Waals surface area (Å²) in [7, 11) is 0. The van der Waals surface area contributed by atoms with Crippen LogP contribution in [0.2, 0.25) is 0 Å². The fourth-order valence-electron chi connectivity index (χ4n) is 3.42. The summed E-state index contributed by atoms with van der Waals surface area (Å²) in [5.74, 6) is 1.17. The van der Waals surface area contributed by atoms with Gasteiger partial charge in [-0.25, -0.2) is 5.43 Å². The molecular formula is C22H22N2O2. The zero-order valence-corrected chi connectivity index (χ0v) is 14.4. The third-order valence-electron chi connectivity index (χ3n) is 4.79. The lowest BCUT2D eigenvalue weighted by Crippen LogP contribution is -2.25. The summed E-state index contributed by atoms with van der Waals surface area (Å²) in [6.45, 7) is 1.30. The Morgan fingerprint density at radius 1 is 0.923 bits per heavy atom. The second-order valence-corrected chi connectivity index (χ2v) is 6.51. The minimum atomic E-state index is 0.0144. The van der Waals surface area contributed by atoms with Gasteiger partial charge in [0.05, 0.1) is 6.04 Å². The molecule has 0 radical (unpaired) electrons. The summed E-state index contributed by atoms with van der Waals surface area (Å²) in [6, 6.07) is 25.9. The highest BCUT2D eigenvalue weighted by atomic mass is 16.5. The van der Waals surface area contributed by atoms with E-state index in [9.17, 15) is 5.11 Å². The van der Waals surface area contributed by atoms with Crippen LogP contribution in [0.3, 0.4) is 0 Å². The summed E-state index contributed by atoms with van der Waals surface area (Å²) in [5.41, 5.74) is 9.72. The van der Waals surface area contributed by atoms with Crippen LogP contribution in [0.5, 0.6) is 11.5 Å². The molecule has 1 aliphatic heterocycles. The van der Waals surface area contributed by atoms with Crippen LogP contribution in [0.1, 0.15) is 28.7 Å². The summed E-state index contributed by atoms with van der Waals surface area (Å²) in [6.07, 6.45) is 0. The Hall–Kier alpha value is -2.82. The van der Waals surface area contributed by atoms with Crippen molar-refractivity contribution in [3.05, 3.63) is 95.6 Å². The van der Waals surface area contributed by atoms with Gasteiger partial charge in [0.15, 0.2) is 0 Å². The molecule has 1 saturated heterocycles. The van der Waals surface area contributed by atoms with Gasteiger partial charge >= 0.3 is 0 Å². The molecule has 3 aromatic carbocycles. The van der Waals surface area contributed by atoms with E-state index < -0.39 is 0 Å². The van der Waals surface area contributed by atoms with Gasteiger partial charge in [-0.15, -0.1) is 0 Å². The molecule has 4 heteroatoms. The second-order valence-electron chi connectivity index (χ2n) is 6.51. The van der Waals surface area contributed by atoms with E-state index >= 15 is 0 Å². The van der Waals surface area contributed by atoms with Crippen molar-refractivity contribution in [1.82, 2.24) is 10.9 Å². The molecule has 1 aliphatic rings. The topological polar surface area (TPSA) is 53.5 Å². The maximum absolute atomic E-state index is 10.6. The van der Waals surface area contributed by atoms with Gasteiger partial charge in [-0.3, -0.25) is 5.43 Å². The van der Waals surface area contributed by atoms with Gasteiger partial charge in [-0.05, 0) is 17.2 Å². The smallest absolute Gasteiger partial charge is 0.124 e. The van der Waals surface area contributed by atoms with Crippen molar-refractivity contribution in [2.45, 2.75) is 18.6 Å². The summed E-state index contributed by atoms with van der Waals surface area (Å²) in [4.78, 5) is 0. The first-order valence-corrected chi connectivity index (χ1v) is 8.84. The SMILES string of the molecule is Oc1cc(OCc2ccccc2)ccc1C1NNCC1c1ccccc1. The average Bonchev–Trinajstić information content (AvgIpc) is 3.17. The first-order valence-electron chi connectivity index (χ1n) is 8.84. The van der Waals surface area contributed by atoms with E-state index in [1.165, 1.54) is 5.56 Å². The molecule has 3 N–H and O–H groups in total. The molecule has 2 unspecified atom stereocenters. The van der Waals surface area contributed by atoms with Crippen molar-refractivity contribution in [3.8, 4) is 11.5 Å². The predicted molar refractivity (Wildman–Crippen MR) is 102 cm³/mol. The zero-order valence-electron chi connectivity index (χ0n) is 14.4.